The molecule has 0 radical (unpaired) electrons. The number of carbonyl (C=O) groups excluding carboxylic acids is 1. The molecule has 1 aromatic carbocycles. The quantitative estimate of drug-likeness (QED) is 0.798. The maximum Gasteiger partial charge on any atom is 0.225 e. The summed E-state index contributed by atoms with van der Waals surface area (Å²) < 4.78 is 0. The molecule has 0 bridgehead atoms. The standard InChI is InChI=1S/C22H25N3O2/c26-15-21(27)19-13-23-22(24-14-19)25-11-9-16(10-12-25)5-6-18-8-7-17-3-1-2-4-20(17)18/h1-4,8,13-14,16,26H,5-7,9-12,15H2. The molecule has 5 nitrogen and oxygen atoms in total. The van der Waals surface area contributed by atoms with Gasteiger partial charge in [-0.3, -0.25) is 4.79 Å². The third kappa shape index (κ3) is 3.93. The minimum absolute atomic E-state index is 0.344. The minimum Gasteiger partial charge on any atom is -0.388 e. The Morgan fingerprint density at radius 3 is 2.63 bits per heavy atom. The SMILES string of the molecule is O=C(CO)c1cnc(N2CCC(CCC3=CCc4ccccc43)CC2)nc1. The van der Waals surface area contributed by atoms with Gasteiger partial charge in [0, 0.05) is 25.5 Å². The third-order valence-electron chi connectivity index (χ3n) is 5.75. The number of rotatable bonds is 6. The molecule has 1 N–H and O–H groups in total. The summed E-state index contributed by atoms with van der Waals surface area (Å²) in [6.07, 6.45) is 11.2. The van der Waals surface area contributed by atoms with Crippen LogP contribution in [0.2, 0.25) is 0 Å². The average Bonchev–Trinajstić information content (AvgIpc) is 3.15. The smallest absolute Gasteiger partial charge is 0.225 e. The summed E-state index contributed by atoms with van der Waals surface area (Å²) in [4.78, 5) is 22.3. The number of Topliss-reactive ketones (excluding diaryl/α,β-unsaturated/α-hetero) is 1. The first kappa shape index (κ1) is 17.9. The number of hydrogen-bond acceptors (Lipinski definition) is 5. The van der Waals surface area contributed by atoms with E-state index in [4.69, 9.17) is 5.11 Å². The molecule has 1 aliphatic heterocycles. The fraction of sp³-hybridized carbons (Fsp3) is 0.409. The molecule has 27 heavy (non-hydrogen) atoms. The zero-order valence-electron chi connectivity index (χ0n) is 15.5. The van der Waals surface area contributed by atoms with Crippen molar-refractivity contribution in [3.8, 4) is 0 Å². The van der Waals surface area contributed by atoms with E-state index in [9.17, 15) is 4.79 Å². The fourth-order valence-corrected chi connectivity index (χ4v) is 4.09. The highest BCUT2D eigenvalue weighted by Gasteiger charge is 2.22. The van der Waals surface area contributed by atoms with Gasteiger partial charge in [0.1, 0.15) is 6.61 Å². The molecule has 2 heterocycles. The molecule has 4 rings (SSSR count). The number of aromatic nitrogens is 2. The number of nitrogens with zero attached hydrogens (tertiary/aromatic N) is 3. The number of hydrogen-bond donors (Lipinski definition) is 1. The van der Waals surface area contributed by atoms with Crippen molar-refractivity contribution in [2.45, 2.75) is 32.1 Å². The lowest BCUT2D eigenvalue weighted by atomic mass is 9.89. The Bertz CT molecular complexity index is 837. The molecule has 1 saturated heterocycles. The normalized spacial score (nSPS) is 16.9. The first-order valence-electron chi connectivity index (χ1n) is 9.73. The maximum absolute atomic E-state index is 11.5. The van der Waals surface area contributed by atoms with Crippen LogP contribution in [0, 0.1) is 5.92 Å². The van der Waals surface area contributed by atoms with E-state index >= 15 is 0 Å². The van der Waals surface area contributed by atoms with Crippen LogP contribution in [0.4, 0.5) is 5.95 Å². The zero-order chi connectivity index (χ0) is 18.6. The van der Waals surface area contributed by atoms with E-state index < -0.39 is 6.61 Å². The number of fused-ring (bicyclic) bond motifs is 1. The van der Waals surface area contributed by atoms with Crippen LogP contribution in [0.3, 0.4) is 0 Å². The topological polar surface area (TPSA) is 66.3 Å². The molecular weight excluding hydrogens is 338 g/mol. The summed E-state index contributed by atoms with van der Waals surface area (Å²) in [5, 5.41) is 8.90. The molecule has 5 heteroatoms. The second-order valence-electron chi connectivity index (χ2n) is 7.41. The fourth-order valence-electron chi connectivity index (χ4n) is 4.09. The average molecular weight is 363 g/mol. The van der Waals surface area contributed by atoms with Gasteiger partial charge in [-0.05, 0) is 54.7 Å². The van der Waals surface area contributed by atoms with Gasteiger partial charge in [-0.15, -0.1) is 0 Å². The second kappa shape index (κ2) is 8.01. The summed E-state index contributed by atoms with van der Waals surface area (Å²) in [5.41, 5.74) is 4.78. The third-order valence-corrected chi connectivity index (χ3v) is 5.75. The summed E-state index contributed by atoms with van der Waals surface area (Å²) >= 11 is 0. The van der Waals surface area contributed by atoms with Crippen molar-refractivity contribution in [2.24, 2.45) is 5.92 Å². The van der Waals surface area contributed by atoms with Crippen LogP contribution >= 0.6 is 0 Å². The monoisotopic (exact) mass is 363 g/mol. The van der Waals surface area contributed by atoms with Crippen LogP contribution in [0.25, 0.3) is 5.57 Å². The lowest BCUT2D eigenvalue weighted by molar-refractivity contribution is 0.0903. The lowest BCUT2D eigenvalue weighted by Gasteiger charge is -2.32. The molecular formula is C22H25N3O2. The van der Waals surface area contributed by atoms with Gasteiger partial charge in [0.05, 0.1) is 5.56 Å². The number of anilines is 1. The molecule has 1 aromatic heterocycles. The van der Waals surface area contributed by atoms with Gasteiger partial charge in [-0.25, -0.2) is 9.97 Å². The first-order chi connectivity index (χ1) is 13.2. The number of ketones is 1. The molecule has 2 aliphatic rings. The Balaban J connectivity index is 1.28. The molecule has 0 amide bonds. The first-order valence-corrected chi connectivity index (χ1v) is 9.73. The highest BCUT2D eigenvalue weighted by molar-refractivity contribution is 5.96. The molecule has 2 aromatic rings. The molecule has 0 unspecified atom stereocenters. The highest BCUT2D eigenvalue weighted by Crippen LogP contribution is 2.33. The number of aliphatic hydroxyl groups excluding tert-OH is 1. The van der Waals surface area contributed by atoms with Crippen LogP contribution in [0.1, 0.15) is 47.2 Å². The predicted molar refractivity (Wildman–Crippen MR) is 106 cm³/mol. The predicted octanol–water partition coefficient (Wildman–Crippen LogP) is 3.29. The largest absolute Gasteiger partial charge is 0.388 e. The molecule has 1 aliphatic carbocycles. The lowest BCUT2D eigenvalue weighted by Crippen LogP contribution is -2.34. The molecule has 0 saturated carbocycles. The van der Waals surface area contributed by atoms with E-state index in [0.29, 0.717) is 11.5 Å². The molecule has 1 fully saturated rings. The Labute approximate surface area is 159 Å². The van der Waals surface area contributed by atoms with Gasteiger partial charge >= 0.3 is 0 Å². The summed E-state index contributed by atoms with van der Waals surface area (Å²) in [6, 6.07) is 8.74. The van der Waals surface area contributed by atoms with Crippen molar-refractivity contribution < 1.29 is 9.90 Å². The van der Waals surface area contributed by atoms with E-state index in [1.54, 1.807) is 0 Å². The second-order valence-corrected chi connectivity index (χ2v) is 7.41. The summed E-state index contributed by atoms with van der Waals surface area (Å²) in [6.45, 7) is 1.40. The van der Waals surface area contributed by atoms with E-state index in [2.05, 4.69) is 45.2 Å². The molecule has 140 valence electrons. The van der Waals surface area contributed by atoms with Crippen LogP contribution in [0.5, 0.6) is 0 Å². The maximum atomic E-state index is 11.5. The van der Waals surface area contributed by atoms with Gasteiger partial charge < -0.3 is 10.0 Å². The number of carbonyl (C=O) groups is 1. The number of benzene rings is 1. The van der Waals surface area contributed by atoms with E-state index in [1.807, 2.05) is 0 Å². The Hall–Kier alpha value is -2.53. The van der Waals surface area contributed by atoms with E-state index in [1.165, 1.54) is 35.5 Å². The summed E-state index contributed by atoms with van der Waals surface area (Å²) in [7, 11) is 0. The number of aliphatic hydroxyl groups is 1. The summed E-state index contributed by atoms with van der Waals surface area (Å²) in [5.74, 6) is 1.07. The van der Waals surface area contributed by atoms with Gasteiger partial charge in [0.15, 0.2) is 5.78 Å². The van der Waals surface area contributed by atoms with Crippen LogP contribution in [-0.4, -0.2) is 40.6 Å². The van der Waals surface area contributed by atoms with Crippen molar-refractivity contribution in [3.05, 3.63) is 59.4 Å². The van der Waals surface area contributed by atoms with Crippen molar-refractivity contribution in [2.75, 3.05) is 24.6 Å². The van der Waals surface area contributed by atoms with Crippen molar-refractivity contribution in [1.82, 2.24) is 9.97 Å². The zero-order valence-corrected chi connectivity index (χ0v) is 15.5. The van der Waals surface area contributed by atoms with Crippen molar-refractivity contribution in [3.63, 3.8) is 0 Å². The minimum atomic E-state index is -0.505. The van der Waals surface area contributed by atoms with Gasteiger partial charge in [0.25, 0.3) is 0 Å². The van der Waals surface area contributed by atoms with Crippen LogP contribution in [0.15, 0.2) is 42.7 Å². The van der Waals surface area contributed by atoms with Crippen molar-refractivity contribution >= 4 is 17.3 Å². The molecule has 0 atom stereocenters. The van der Waals surface area contributed by atoms with Crippen molar-refractivity contribution in [1.29, 1.82) is 0 Å². The number of allylic oxidation sites excluding steroid dienone is 2. The van der Waals surface area contributed by atoms with E-state index in [-0.39, 0.29) is 5.78 Å². The van der Waals surface area contributed by atoms with E-state index in [0.717, 1.165) is 44.7 Å². The van der Waals surface area contributed by atoms with Gasteiger partial charge in [0.2, 0.25) is 5.95 Å². The Morgan fingerprint density at radius 1 is 1.15 bits per heavy atom. The van der Waals surface area contributed by atoms with Gasteiger partial charge in [-0.1, -0.05) is 30.3 Å². The van der Waals surface area contributed by atoms with Crippen LogP contribution < -0.4 is 4.90 Å². The molecule has 0 spiro atoms. The van der Waals surface area contributed by atoms with Crippen LogP contribution in [-0.2, 0) is 6.42 Å². The Kier molecular flexibility index (Phi) is 5.30. The Morgan fingerprint density at radius 2 is 1.89 bits per heavy atom. The van der Waals surface area contributed by atoms with Gasteiger partial charge in [-0.2, -0.15) is 0 Å². The highest BCUT2D eigenvalue weighted by atomic mass is 16.3. The number of piperidine rings is 1.